The van der Waals surface area contributed by atoms with Gasteiger partial charge in [-0.2, -0.15) is 0 Å². The van der Waals surface area contributed by atoms with Gasteiger partial charge in [0.1, 0.15) is 5.75 Å². The molecule has 126 valence electrons. The average molecular weight is 316 g/mol. The molecule has 0 spiro atoms. The molecule has 1 aromatic carbocycles. The molecule has 0 bridgehead atoms. The summed E-state index contributed by atoms with van der Waals surface area (Å²) in [6.07, 6.45) is 7.01. The number of likely N-dealkylation sites (tertiary alicyclic amines) is 1. The molecule has 1 fully saturated rings. The fourth-order valence-corrected chi connectivity index (χ4v) is 3.03. The summed E-state index contributed by atoms with van der Waals surface area (Å²) in [6, 6.07) is 7.66. The van der Waals surface area contributed by atoms with Crippen LogP contribution in [0.4, 0.5) is 0 Å². The second-order valence-corrected chi connectivity index (χ2v) is 6.27. The fourth-order valence-electron chi connectivity index (χ4n) is 3.03. The first kappa shape index (κ1) is 17.5. The van der Waals surface area contributed by atoms with Crippen LogP contribution >= 0.6 is 0 Å². The zero-order chi connectivity index (χ0) is 16.5. The van der Waals surface area contributed by atoms with Gasteiger partial charge in [0.2, 0.25) is 5.91 Å². The first-order valence-corrected chi connectivity index (χ1v) is 8.50. The lowest BCUT2D eigenvalue weighted by Gasteiger charge is -2.30. The van der Waals surface area contributed by atoms with E-state index >= 15 is 0 Å². The molecular weight excluding hydrogens is 288 g/mol. The molecule has 0 unspecified atom stereocenters. The highest BCUT2D eigenvalue weighted by atomic mass is 16.5. The number of methoxy groups -OCH3 is 1. The van der Waals surface area contributed by atoms with Crippen LogP contribution < -0.4 is 10.1 Å². The Bertz CT molecular complexity index is 528. The van der Waals surface area contributed by atoms with Crippen molar-refractivity contribution in [2.45, 2.75) is 26.2 Å². The number of amides is 1. The van der Waals surface area contributed by atoms with E-state index in [1.54, 1.807) is 19.3 Å². The molecule has 1 atom stereocenters. The first-order valence-electron chi connectivity index (χ1n) is 8.50. The maximum Gasteiger partial charge on any atom is 0.244 e. The minimum absolute atomic E-state index is 0.0529. The lowest BCUT2D eigenvalue weighted by molar-refractivity contribution is -0.116. The van der Waals surface area contributed by atoms with E-state index in [1.807, 2.05) is 24.3 Å². The predicted octanol–water partition coefficient (Wildman–Crippen LogP) is 2.95. The van der Waals surface area contributed by atoms with Gasteiger partial charge in [0.15, 0.2) is 0 Å². The van der Waals surface area contributed by atoms with Crippen molar-refractivity contribution in [1.29, 1.82) is 0 Å². The lowest BCUT2D eigenvalue weighted by Crippen LogP contribution is -2.36. The quantitative estimate of drug-likeness (QED) is 0.621. The molecule has 0 saturated carbocycles. The van der Waals surface area contributed by atoms with Crippen molar-refractivity contribution in [2.24, 2.45) is 5.92 Å². The molecule has 1 aliphatic rings. The third-order valence-electron chi connectivity index (χ3n) is 4.24. The minimum Gasteiger partial charge on any atom is -0.496 e. The van der Waals surface area contributed by atoms with Crippen molar-refractivity contribution in [3.05, 3.63) is 35.9 Å². The summed E-state index contributed by atoms with van der Waals surface area (Å²) in [6.45, 7) is 6.51. The second-order valence-electron chi connectivity index (χ2n) is 6.27. The maximum absolute atomic E-state index is 11.9. The van der Waals surface area contributed by atoms with Crippen LogP contribution in [-0.2, 0) is 4.79 Å². The van der Waals surface area contributed by atoms with Crippen molar-refractivity contribution in [2.75, 3.05) is 33.3 Å². The molecule has 0 aliphatic carbocycles. The zero-order valence-corrected chi connectivity index (χ0v) is 14.3. The summed E-state index contributed by atoms with van der Waals surface area (Å²) >= 11 is 0. The van der Waals surface area contributed by atoms with Crippen molar-refractivity contribution in [3.8, 4) is 5.75 Å². The summed E-state index contributed by atoms with van der Waals surface area (Å²) in [5, 5.41) is 2.95. The van der Waals surface area contributed by atoms with Crippen molar-refractivity contribution in [1.82, 2.24) is 10.2 Å². The normalized spacial score (nSPS) is 19.0. The Morgan fingerprint density at radius 1 is 1.43 bits per heavy atom. The molecule has 4 heteroatoms. The standard InChI is InChI=1S/C19H28N2O2/c1-16-7-5-13-21(15-16)14-6-12-20-19(22)11-10-17-8-3-4-9-18(17)23-2/h3-4,8-11,16H,5-7,12-15H2,1-2H3,(H,20,22)/b11-10-/t16-/m1/s1. The van der Waals surface area contributed by atoms with Gasteiger partial charge in [0.05, 0.1) is 7.11 Å². The largest absolute Gasteiger partial charge is 0.496 e. The number of nitrogens with one attached hydrogen (secondary N) is 1. The van der Waals surface area contributed by atoms with Gasteiger partial charge in [-0.25, -0.2) is 0 Å². The first-order chi connectivity index (χ1) is 11.2. The molecule has 1 aliphatic heterocycles. The number of benzene rings is 1. The SMILES string of the molecule is COc1ccccc1/C=C\C(=O)NCCCN1CCC[C@@H](C)C1. The van der Waals surface area contributed by atoms with Gasteiger partial charge in [-0.1, -0.05) is 25.1 Å². The van der Waals surface area contributed by atoms with E-state index in [2.05, 4.69) is 17.1 Å². The molecular formula is C19H28N2O2. The molecule has 1 saturated heterocycles. The zero-order valence-electron chi connectivity index (χ0n) is 14.3. The molecule has 23 heavy (non-hydrogen) atoms. The summed E-state index contributed by atoms with van der Waals surface area (Å²) in [4.78, 5) is 14.4. The Balaban J connectivity index is 1.67. The van der Waals surface area contributed by atoms with Gasteiger partial charge in [0.25, 0.3) is 0 Å². The van der Waals surface area contributed by atoms with Crippen LogP contribution in [0.25, 0.3) is 6.08 Å². The lowest BCUT2D eigenvalue weighted by atomic mass is 10.0. The number of ether oxygens (including phenoxy) is 1. The number of hydrogen-bond acceptors (Lipinski definition) is 3. The van der Waals surface area contributed by atoms with Crippen LogP contribution in [-0.4, -0.2) is 44.1 Å². The Morgan fingerprint density at radius 2 is 2.26 bits per heavy atom. The van der Waals surface area contributed by atoms with E-state index in [1.165, 1.54) is 25.9 Å². The number of hydrogen-bond donors (Lipinski definition) is 1. The van der Waals surface area contributed by atoms with Crippen LogP contribution in [0.1, 0.15) is 31.7 Å². The highest BCUT2D eigenvalue weighted by molar-refractivity contribution is 5.92. The Kier molecular flexibility index (Phi) is 7.14. The molecule has 0 radical (unpaired) electrons. The Hall–Kier alpha value is -1.81. The van der Waals surface area contributed by atoms with E-state index in [0.29, 0.717) is 0 Å². The van der Waals surface area contributed by atoms with Crippen molar-refractivity contribution in [3.63, 3.8) is 0 Å². The molecule has 1 amide bonds. The fraction of sp³-hybridized carbons (Fsp3) is 0.526. The van der Waals surface area contributed by atoms with Gasteiger partial charge < -0.3 is 15.0 Å². The predicted molar refractivity (Wildman–Crippen MR) is 94.5 cm³/mol. The molecule has 2 rings (SSSR count). The minimum atomic E-state index is -0.0529. The van der Waals surface area contributed by atoms with Crippen molar-refractivity contribution >= 4 is 12.0 Å². The summed E-state index contributed by atoms with van der Waals surface area (Å²) in [7, 11) is 1.63. The smallest absolute Gasteiger partial charge is 0.244 e. The van der Waals surface area contributed by atoms with E-state index in [4.69, 9.17) is 4.74 Å². The highest BCUT2D eigenvalue weighted by Gasteiger charge is 2.15. The van der Waals surface area contributed by atoms with Gasteiger partial charge in [-0.3, -0.25) is 4.79 Å². The van der Waals surface area contributed by atoms with Crippen LogP contribution in [0.15, 0.2) is 30.3 Å². The van der Waals surface area contributed by atoms with E-state index in [9.17, 15) is 4.79 Å². The summed E-state index contributed by atoms with van der Waals surface area (Å²) in [5.74, 6) is 1.53. The number of piperidine rings is 1. The van der Waals surface area contributed by atoms with E-state index < -0.39 is 0 Å². The van der Waals surface area contributed by atoms with E-state index in [-0.39, 0.29) is 5.91 Å². The number of rotatable bonds is 7. The van der Waals surface area contributed by atoms with Gasteiger partial charge in [-0.05, 0) is 50.4 Å². The summed E-state index contributed by atoms with van der Waals surface area (Å²) < 4.78 is 5.26. The molecule has 4 nitrogen and oxygen atoms in total. The monoisotopic (exact) mass is 316 g/mol. The Labute approximate surface area is 139 Å². The van der Waals surface area contributed by atoms with Gasteiger partial charge >= 0.3 is 0 Å². The van der Waals surface area contributed by atoms with Gasteiger partial charge in [-0.15, -0.1) is 0 Å². The second kappa shape index (κ2) is 9.36. The average Bonchev–Trinajstić information content (AvgIpc) is 2.57. The van der Waals surface area contributed by atoms with Gasteiger partial charge in [0, 0.05) is 24.7 Å². The highest BCUT2D eigenvalue weighted by Crippen LogP contribution is 2.18. The van der Waals surface area contributed by atoms with Crippen LogP contribution in [0.2, 0.25) is 0 Å². The third kappa shape index (κ3) is 6.06. The molecule has 1 aromatic rings. The molecule has 0 aromatic heterocycles. The number of para-hydroxylation sites is 1. The number of carbonyl (C=O) groups is 1. The number of nitrogens with zero attached hydrogens (tertiary/aromatic N) is 1. The topological polar surface area (TPSA) is 41.6 Å². The maximum atomic E-state index is 11.9. The van der Waals surface area contributed by atoms with Crippen molar-refractivity contribution < 1.29 is 9.53 Å². The van der Waals surface area contributed by atoms with Crippen LogP contribution in [0, 0.1) is 5.92 Å². The van der Waals surface area contributed by atoms with E-state index in [0.717, 1.165) is 36.7 Å². The Morgan fingerprint density at radius 3 is 3.04 bits per heavy atom. The van der Waals surface area contributed by atoms with Crippen LogP contribution in [0.3, 0.4) is 0 Å². The molecule has 1 heterocycles. The van der Waals surface area contributed by atoms with Crippen LogP contribution in [0.5, 0.6) is 5.75 Å². The number of carbonyl (C=O) groups excluding carboxylic acids is 1. The molecule has 1 N–H and O–H groups in total. The summed E-state index contributed by atoms with van der Waals surface area (Å²) in [5.41, 5.74) is 0.910. The third-order valence-corrected chi connectivity index (χ3v) is 4.24.